The van der Waals surface area contributed by atoms with Gasteiger partial charge in [-0.15, -0.1) is 0 Å². The molecule has 0 aromatic carbocycles. The minimum atomic E-state index is -2.86. The smallest absolute Gasteiger partial charge is 0.249 e. The molecule has 2 rings (SSSR count). The molecule has 1 atom stereocenters. The summed E-state index contributed by atoms with van der Waals surface area (Å²) in [7, 11) is 0. The largest absolute Gasteiger partial charge is 0.378 e. The third-order valence-electron chi connectivity index (χ3n) is 4.83. The Labute approximate surface area is 162 Å². The maximum atomic E-state index is 13.1. The highest BCUT2D eigenvalue weighted by Crippen LogP contribution is 2.42. The summed E-state index contributed by atoms with van der Waals surface area (Å²) in [6, 6.07) is -1.12. The van der Waals surface area contributed by atoms with Gasteiger partial charge in [-0.1, -0.05) is 34.6 Å². The fraction of sp³-hybridized carbons (Fsp3) is 0.895. The van der Waals surface area contributed by atoms with Crippen LogP contribution in [0.1, 0.15) is 60.3 Å². The molecule has 3 N–H and O–H groups in total. The van der Waals surface area contributed by atoms with E-state index in [2.05, 4.69) is 5.32 Å². The van der Waals surface area contributed by atoms with Crippen LogP contribution < -0.4 is 11.1 Å². The third kappa shape index (κ3) is 9.46. The lowest BCUT2D eigenvalue weighted by atomic mass is 10.0. The SMILES string of the molecule is CC.CCC(F)(F)CC(N)C(=O)NC1(C(C)C)CC1.O=CN1CCOCC1. The first-order chi connectivity index (χ1) is 12.7. The van der Waals surface area contributed by atoms with E-state index in [1.54, 1.807) is 4.90 Å². The average Bonchev–Trinajstić information content (AvgIpc) is 3.45. The van der Waals surface area contributed by atoms with Crippen molar-refractivity contribution in [2.45, 2.75) is 77.8 Å². The van der Waals surface area contributed by atoms with Crippen LogP contribution in [0.15, 0.2) is 0 Å². The van der Waals surface area contributed by atoms with Gasteiger partial charge < -0.3 is 20.7 Å². The normalized spacial score (nSPS) is 19.1. The molecule has 2 amide bonds. The Kier molecular flexibility index (Phi) is 11.7. The van der Waals surface area contributed by atoms with E-state index in [0.29, 0.717) is 19.1 Å². The number of morpholine rings is 1. The van der Waals surface area contributed by atoms with Gasteiger partial charge in [0.15, 0.2) is 0 Å². The molecule has 0 aromatic rings. The lowest BCUT2D eigenvalue weighted by Crippen LogP contribution is -2.50. The van der Waals surface area contributed by atoms with Gasteiger partial charge in [0.1, 0.15) is 0 Å². The van der Waals surface area contributed by atoms with Gasteiger partial charge in [-0.05, 0) is 18.8 Å². The number of halogens is 2. The van der Waals surface area contributed by atoms with Gasteiger partial charge in [-0.3, -0.25) is 9.59 Å². The van der Waals surface area contributed by atoms with Crippen LogP contribution in [0.5, 0.6) is 0 Å². The highest BCUT2D eigenvalue weighted by atomic mass is 19.3. The Morgan fingerprint density at radius 2 is 1.81 bits per heavy atom. The molecule has 1 unspecified atom stereocenters. The molecule has 0 spiro atoms. The monoisotopic (exact) mass is 393 g/mol. The zero-order valence-electron chi connectivity index (χ0n) is 17.4. The summed E-state index contributed by atoms with van der Waals surface area (Å²) in [4.78, 5) is 23.5. The van der Waals surface area contributed by atoms with Gasteiger partial charge in [0, 0.05) is 31.5 Å². The molecule has 1 saturated heterocycles. The van der Waals surface area contributed by atoms with Crippen LogP contribution in [0.2, 0.25) is 0 Å². The second-order valence-corrected chi connectivity index (χ2v) is 7.07. The predicted molar refractivity (Wildman–Crippen MR) is 103 cm³/mol. The summed E-state index contributed by atoms with van der Waals surface area (Å²) in [5.74, 6) is -3.00. The molecule has 0 bridgehead atoms. The van der Waals surface area contributed by atoms with E-state index in [1.807, 2.05) is 27.7 Å². The van der Waals surface area contributed by atoms with Gasteiger partial charge in [0.2, 0.25) is 18.2 Å². The van der Waals surface area contributed by atoms with Crippen molar-refractivity contribution in [3.8, 4) is 0 Å². The van der Waals surface area contributed by atoms with Gasteiger partial charge in [-0.2, -0.15) is 0 Å². The van der Waals surface area contributed by atoms with Crippen LogP contribution in [0.4, 0.5) is 8.78 Å². The van der Waals surface area contributed by atoms with Crippen LogP contribution in [0, 0.1) is 5.92 Å². The van der Waals surface area contributed by atoms with E-state index < -0.39 is 24.3 Å². The lowest BCUT2D eigenvalue weighted by molar-refractivity contribution is -0.126. The van der Waals surface area contributed by atoms with Gasteiger partial charge in [0.25, 0.3) is 0 Å². The zero-order valence-corrected chi connectivity index (χ0v) is 17.4. The van der Waals surface area contributed by atoms with E-state index in [9.17, 15) is 18.4 Å². The second-order valence-electron chi connectivity index (χ2n) is 7.07. The minimum Gasteiger partial charge on any atom is -0.378 e. The third-order valence-corrected chi connectivity index (χ3v) is 4.83. The maximum Gasteiger partial charge on any atom is 0.249 e. The number of nitrogens with one attached hydrogen (secondary N) is 1. The molecule has 160 valence electrons. The number of carbonyl (C=O) groups excluding carboxylic acids is 2. The first-order valence-corrected chi connectivity index (χ1v) is 9.88. The van der Waals surface area contributed by atoms with Crippen molar-refractivity contribution >= 4 is 12.3 Å². The Morgan fingerprint density at radius 3 is 2.15 bits per heavy atom. The van der Waals surface area contributed by atoms with E-state index in [-0.39, 0.29) is 12.0 Å². The van der Waals surface area contributed by atoms with Gasteiger partial charge in [0.05, 0.1) is 19.3 Å². The number of ether oxygens (including phenoxy) is 1. The van der Waals surface area contributed by atoms with Crippen molar-refractivity contribution in [3.05, 3.63) is 0 Å². The van der Waals surface area contributed by atoms with Crippen molar-refractivity contribution in [3.63, 3.8) is 0 Å². The van der Waals surface area contributed by atoms with Crippen molar-refractivity contribution in [2.75, 3.05) is 26.3 Å². The van der Waals surface area contributed by atoms with Crippen LogP contribution in [-0.4, -0.2) is 61.0 Å². The van der Waals surface area contributed by atoms with E-state index >= 15 is 0 Å². The second kappa shape index (κ2) is 12.2. The molecule has 0 radical (unpaired) electrons. The Balaban J connectivity index is 0.000000562. The Morgan fingerprint density at radius 1 is 1.30 bits per heavy atom. The average molecular weight is 394 g/mol. The standard InChI is InChI=1S/C12H22F2N2O.C5H9NO2.C2H6/c1-4-12(13,14)7-9(15)10(17)16-11(5-6-11)8(2)3;7-5-6-1-3-8-4-2-6;1-2/h8-9H,4-7,15H2,1-3H3,(H,16,17);5H,1-4H2;1-2H3. The number of nitrogens with two attached hydrogens (primary N) is 1. The number of nitrogens with zero attached hydrogens (tertiary/aromatic N) is 1. The maximum absolute atomic E-state index is 13.1. The number of alkyl halides is 2. The summed E-state index contributed by atoms with van der Waals surface area (Å²) in [5, 5.41) is 2.82. The molecule has 8 heteroatoms. The number of hydrogen-bond acceptors (Lipinski definition) is 4. The molecule has 6 nitrogen and oxygen atoms in total. The summed E-state index contributed by atoms with van der Waals surface area (Å²) in [6.45, 7) is 12.3. The molecular weight excluding hydrogens is 356 g/mol. The van der Waals surface area contributed by atoms with Gasteiger partial charge >= 0.3 is 0 Å². The lowest BCUT2D eigenvalue weighted by Gasteiger charge is -2.25. The fourth-order valence-electron chi connectivity index (χ4n) is 2.56. The first kappa shape index (κ1) is 25.7. The van der Waals surface area contributed by atoms with Gasteiger partial charge in [-0.25, -0.2) is 8.78 Å². The highest BCUT2D eigenvalue weighted by molar-refractivity contribution is 5.82. The highest BCUT2D eigenvalue weighted by Gasteiger charge is 2.47. The van der Waals surface area contributed by atoms with Crippen molar-refractivity contribution in [1.29, 1.82) is 0 Å². The fourth-order valence-corrected chi connectivity index (χ4v) is 2.56. The van der Waals surface area contributed by atoms with E-state index in [0.717, 1.165) is 32.3 Å². The van der Waals surface area contributed by atoms with Crippen molar-refractivity contribution < 1.29 is 23.1 Å². The predicted octanol–water partition coefficient (Wildman–Crippen LogP) is 2.56. The topological polar surface area (TPSA) is 84.7 Å². The molecule has 0 aromatic heterocycles. The van der Waals surface area contributed by atoms with Crippen LogP contribution in [0.25, 0.3) is 0 Å². The number of hydrogen-bond donors (Lipinski definition) is 2. The summed E-state index contributed by atoms with van der Waals surface area (Å²) in [6.07, 6.45) is 1.82. The van der Waals surface area contributed by atoms with Crippen LogP contribution in [-0.2, 0) is 14.3 Å². The number of amides is 2. The molecule has 27 heavy (non-hydrogen) atoms. The van der Waals surface area contributed by atoms with Crippen LogP contribution >= 0.6 is 0 Å². The quantitative estimate of drug-likeness (QED) is 0.651. The summed E-state index contributed by atoms with van der Waals surface area (Å²) < 4.78 is 31.2. The van der Waals surface area contributed by atoms with Crippen molar-refractivity contribution in [2.24, 2.45) is 11.7 Å². The Bertz CT molecular complexity index is 438. The molecule has 1 saturated carbocycles. The molecule has 1 aliphatic heterocycles. The molecule has 2 aliphatic rings. The summed E-state index contributed by atoms with van der Waals surface area (Å²) >= 11 is 0. The number of carbonyl (C=O) groups is 2. The molecule has 1 aliphatic carbocycles. The zero-order chi connectivity index (χ0) is 21.1. The molecule has 1 heterocycles. The number of rotatable bonds is 7. The van der Waals surface area contributed by atoms with Crippen molar-refractivity contribution in [1.82, 2.24) is 10.2 Å². The van der Waals surface area contributed by atoms with E-state index in [1.165, 1.54) is 6.92 Å². The molecular formula is C19H37F2N3O3. The van der Waals surface area contributed by atoms with E-state index in [4.69, 9.17) is 10.5 Å². The van der Waals surface area contributed by atoms with Crippen LogP contribution in [0.3, 0.4) is 0 Å². The molecule has 2 fully saturated rings. The minimum absolute atomic E-state index is 0.198. The Hall–Kier alpha value is -1.28. The summed E-state index contributed by atoms with van der Waals surface area (Å²) in [5.41, 5.74) is 5.32. The first-order valence-electron chi connectivity index (χ1n) is 9.88.